The highest BCUT2D eigenvalue weighted by molar-refractivity contribution is 6.26. The van der Waals surface area contributed by atoms with Crippen LogP contribution in [0.4, 0.5) is 11.4 Å². The van der Waals surface area contributed by atoms with Gasteiger partial charge in [0.05, 0.1) is 63.5 Å². The van der Waals surface area contributed by atoms with Gasteiger partial charge in [-0.05, 0) is 24.6 Å². The summed E-state index contributed by atoms with van der Waals surface area (Å²) in [5, 5.41) is 22.8. The van der Waals surface area contributed by atoms with Gasteiger partial charge < -0.3 is 48.8 Å². The Morgan fingerprint density at radius 2 is 1.85 bits per heavy atom. The Morgan fingerprint density at radius 3 is 2.55 bits per heavy atom. The molecule has 5 heterocycles. The van der Waals surface area contributed by atoms with Gasteiger partial charge in [0, 0.05) is 30.5 Å². The average molecular weight is 643 g/mol. The lowest BCUT2D eigenvalue weighted by atomic mass is 9.88. The van der Waals surface area contributed by atoms with Crippen LogP contribution in [0.15, 0.2) is 30.9 Å². The second kappa shape index (κ2) is 10.5. The highest BCUT2D eigenvalue weighted by Crippen LogP contribution is 2.51. The number of aromatic hydroxyl groups is 1. The van der Waals surface area contributed by atoms with Gasteiger partial charge in [-0.3, -0.25) is 15.0 Å². The molecule has 0 saturated heterocycles. The van der Waals surface area contributed by atoms with Crippen molar-refractivity contribution in [3.63, 3.8) is 0 Å². The fourth-order valence-electron chi connectivity index (χ4n) is 6.63. The number of aromatic nitrogens is 5. The van der Waals surface area contributed by atoms with E-state index in [2.05, 4.69) is 25.3 Å². The Hall–Kier alpha value is -6.06. The number of H-pyrrole nitrogens is 2. The lowest BCUT2D eigenvalue weighted by molar-refractivity contribution is -0.143. The number of phenolic OH excluding ortho intramolecular Hbond substituents is 1. The van der Waals surface area contributed by atoms with Crippen molar-refractivity contribution in [2.45, 2.75) is 24.9 Å². The van der Waals surface area contributed by atoms with Crippen LogP contribution >= 0.6 is 0 Å². The maximum Gasteiger partial charge on any atom is 0.339 e. The summed E-state index contributed by atoms with van der Waals surface area (Å²) in [6.07, 6.45) is 2.93. The normalized spacial score (nSPS) is 18.3. The van der Waals surface area contributed by atoms with Crippen molar-refractivity contribution in [1.82, 2.24) is 24.5 Å². The number of anilines is 2. The van der Waals surface area contributed by atoms with Gasteiger partial charge in [0.25, 0.3) is 5.91 Å². The third kappa shape index (κ3) is 4.13. The number of carbonyl (C=O) groups excluding carboxylic acids is 3. The number of nitrogens with one attached hydrogen (secondary N) is 4. The lowest BCUT2D eigenvalue weighted by Crippen LogP contribution is -2.47. The van der Waals surface area contributed by atoms with E-state index in [1.165, 1.54) is 59.0 Å². The topological polar surface area (TPSA) is 210 Å². The molecule has 5 aromatic rings. The van der Waals surface area contributed by atoms with Crippen LogP contribution in [0, 0.1) is 5.41 Å². The van der Waals surface area contributed by atoms with Gasteiger partial charge in [0.15, 0.2) is 28.2 Å². The van der Waals surface area contributed by atoms with E-state index in [9.17, 15) is 19.5 Å². The number of rotatable bonds is 7. The zero-order chi connectivity index (χ0) is 33.4. The van der Waals surface area contributed by atoms with E-state index in [0.29, 0.717) is 50.6 Å². The van der Waals surface area contributed by atoms with Gasteiger partial charge in [-0.25, -0.2) is 14.8 Å². The molecule has 0 saturated carbocycles. The fraction of sp³-hybridized carbons (Fsp3) is 0.290. The number of phenols is 1. The van der Waals surface area contributed by atoms with Crippen molar-refractivity contribution < 1.29 is 38.4 Å². The Labute approximate surface area is 265 Å². The van der Waals surface area contributed by atoms with Gasteiger partial charge in [-0.1, -0.05) is 0 Å². The number of ketones is 1. The molecule has 16 nitrogen and oxygen atoms in total. The standard InChI is InChI=1S/C31H30N8O8/c1-31(30(43)47-5)26(41)20-19-14(9-38-12-35-27(32)23-28(38)34-11-33-23)10-39(16(19)8-17(40)22(20)37-31)29(42)15-6-13-7-18(44-2)24(45-3)25(46-4)21(13)36-15/h6-8,11-12,14,32,36-37,40H,9-10H2,1-5H3,(H,33,34). The summed E-state index contributed by atoms with van der Waals surface area (Å²) in [7, 11) is 5.63. The molecule has 0 aliphatic carbocycles. The zero-order valence-electron chi connectivity index (χ0n) is 26.0. The van der Waals surface area contributed by atoms with Crippen molar-refractivity contribution in [3.8, 4) is 23.0 Å². The van der Waals surface area contributed by atoms with Crippen LogP contribution in [0.5, 0.6) is 23.0 Å². The number of imidazole rings is 1. The first kappa shape index (κ1) is 29.6. The molecule has 1 amide bonds. The summed E-state index contributed by atoms with van der Waals surface area (Å²) in [6.45, 7) is 1.67. The number of benzene rings is 2. The first-order valence-electron chi connectivity index (χ1n) is 14.4. The van der Waals surface area contributed by atoms with Gasteiger partial charge in [0.2, 0.25) is 11.5 Å². The van der Waals surface area contributed by atoms with E-state index in [4.69, 9.17) is 24.4 Å². The second-order valence-electron chi connectivity index (χ2n) is 11.4. The Balaban J connectivity index is 1.38. The molecule has 2 atom stereocenters. The first-order valence-corrected chi connectivity index (χ1v) is 14.4. The predicted octanol–water partition coefficient (Wildman–Crippen LogP) is 2.44. The molecule has 47 heavy (non-hydrogen) atoms. The number of aromatic amines is 2. The van der Waals surface area contributed by atoms with E-state index in [0.717, 1.165) is 0 Å². The molecule has 242 valence electrons. The van der Waals surface area contributed by atoms with Crippen molar-refractivity contribution in [1.29, 1.82) is 5.41 Å². The second-order valence-corrected chi connectivity index (χ2v) is 11.4. The highest BCUT2D eigenvalue weighted by atomic mass is 16.5. The van der Waals surface area contributed by atoms with Crippen LogP contribution in [0.2, 0.25) is 0 Å². The molecule has 2 unspecified atom stereocenters. The summed E-state index contributed by atoms with van der Waals surface area (Å²) in [5.74, 6) is -1.61. The summed E-state index contributed by atoms with van der Waals surface area (Å²) in [5.41, 5.74) is 0.719. The summed E-state index contributed by atoms with van der Waals surface area (Å²) < 4.78 is 23.2. The molecule has 2 aliphatic rings. The van der Waals surface area contributed by atoms with Crippen molar-refractivity contribution >= 4 is 51.1 Å². The molecule has 0 bridgehead atoms. The third-order valence-corrected chi connectivity index (χ3v) is 8.84. The van der Waals surface area contributed by atoms with Crippen molar-refractivity contribution in [2.24, 2.45) is 0 Å². The first-order chi connectivity index (χ1) is 22.6. The van der Waals surface area contributed by atoms with Crippen LogP contribution in [0.3, 0.4) is 0 Å². The Bertz CT molecular complexity index is 2220. The van der Waals surface area contributed by atoms with E-state index >= 15 is 0 Å². The maximum absolute atomic E-state index is 14.4. The van der Waals surface area contributed by atoms with Crippen molar-refractivity contribution in [2.75, 3.05) is 45.2 Å². The molecule has 2 aromatic carbocycles. The summed E-state index contributed by atoms with van der Waals surface area (Å²) in [6, 6.07) is 4.78. The van der Waals surface area contributed by atoms with Gasteiger partial charge in [-0.2, -0.15) is 0 Å². The summed E-state index contributed by atoms with van der Waals surface area (Å²) in [4.78, 5) is 57.2. The minimum absolute atomic E-state index is 0.0129. The molecule has 3 aromatic heterocycles. The molecule has 5 N–H and O–H groups in total. The molecule has 0 fully saturated rings. The highest BCUT2D eigenvalue weighted by Gasteiger charge is 2.53. The van der Waals surface area contributed by atoms with Crippen LogP contribution < -0.4 is 29.9 Å². The maximum atomic E-state index is 14.4. The number of esters is 1. The Kier molecular flexibility index (Phi) is 6.62. The Morgan fingerprint density at radius 1 is 1.09 bits per heavy atom. The number of methoxy groups -OCH3 is 4. The monoisotopic (exact) mass is 642 g/mol. The van der Waals surface area contributed by atoms with Crippen LogP contribution in [-0.4, -0.2) is 87.8 Å². The smallest absolute Gasteiger partial charge is 0.339 e. The number of fused-ring (bicyclic) bond motifs is 5. The minimum atomic E-state index is -1.80. The minimum Gasteiger partial charge on any atom is -0.506 e. The number of hydrogen-bond acceptors (Lipinski definition) is 12. The molecular weight excluding hydrogens is 612 g/mol. The molecule has 0 spiro atoms. The number of amides is 1. The number of nitrogens with zero attached hydrogens (tertiary/aromatic N) is 4. The van der Waals surface area contributed by atoms with Crippen LogP contribution in [0.1, 0.15) is 39.3 Å². The van der Waals surface area contributed by atoms with Gasteiger partial charge in [-0.15, -0.1) is 0 Å². The quantitative estimate of drug-likeness (QED) is 0.0989. The van der Waals surface area contributed by atoms with Gasteiger partial charge in [0.1, 0.15) is 17.0 Å². The number of carbonyl (C=O) groups is 3. The van der Waals surface area contributed by atoms with Gasteiger partial charge >= 0.3 is 5.97 Å². The molecule has 0 radical (unpaired) electrons. The lowest BCUT2D eigenvalue weighted by Gasteiger charge is -2.20. The molecular formula is C31H30N8O8. The van der Waals surface area contributed by atoms with Crippen molar-refractivity contribution in [3.05, 3.63) is 53.2 Å². The number of Topliss-reactive ketones (excluding diaryl/α,β-unsaturated/α-hetero) is 1. The molecule has 2 aliphatic heterocycles. The predicted molar refractivity (Wildman–Crippen MR) is 167 cm³/mol. The molecule has 16 heteroatoms. The van der Waals surface area contributed by atoms with E-state index in [1.807, 2.05) is 0 Å². The largest absolute Gasteiger partial charge is 0.506 e. The molecule has 7 rings (SSSR count). The third-order valence-electron chi connectivity index (χ3n) is 8.84. The fourth-order valence-corrected chi connectivity index (χ4v) is 6.63. The number of ether oxygens (including phenoxy) is 4. The van der Waals surface area contributed by atoms with Crippen LogP contribution in [-0.2, 0) is 16.1 Å². The van der Waals surface area contributed by atoms with E-state index in [1.54, 1.807) is 16.7 Å². The van der Waals surface area contributed by atoms with E-state index < -0.39 is 29.1 Å². The number of hydrogen-bond donors (Lipinski definition) is 5. The SMILES string of the molecule is COC(=O)C1(C)Nc2c(O)cc3c(c2C1=O)C(Cn1cnc(=N)c2[nH]cnc21)CN3C(=O)c1cc2cc(OC)c(OC)c(OC)c2[nH]1. The van der Waals surface area contributed by atoms with Crippen LogP contribution in [0.25, 0.3) is 22.1 Å². The average Bonchev–Trinajstić information content (AvgIpc) is 3.86. The summed E-state index contributed by atoms with van der Waals surface area (Å²) >= 11 is 0. The zero-order valence-corrected chi connectivity index (χ0v) is 26.0. The van der Waals surface area contributed by atoms with E-state index in [-0.39, 0.29) is 41.3 Å².